The summed E-state index contributed by atoms with van der Waals surface area (Å²) in [7, 11) is 1.29. The van der Waals surface area contributed by atoms with Gasteiger partial charge >= 0.3 is 5.97 Å². The van der Waals surface area contributed by atoms with Crippen molar-refractivity contribution in [3.63, 3.8) is 0 Å². The van der Waals surface area contributed by atoms with Gasteiger partial charge in [0.1, 0.15) is 18.0 Å². The van der Waals surface area contributed by atoms with Crippen LogP contribution in [0.25, 0.3) is 0 Å². The number of carbonyl (C=O) groups is 1. The minimum Gasteiger partial charge on any atom is -0.494 e. The summed E-state index contributed by atoms with van der Waals surface area (Å²) in [5, 5.41) is 0. The van der Waals surface area contributed by atoms with Crippen LogP contribution in [0.4, 0.5) is 4.39 Å². The number of hydrogen-bond donors (Lipinski definition) is 0. The molecule has 0 saturated heterocycles. The van der Waals surface area contributed by atoms with Gasteiger partial charge in [-0.05, 0) is 19.1 Å². The number of hydrogen-bond acceptors (Lipinski definition) is 3. The number of rotatable bonds is 3. The van der Waals surface area contributed by atoms with Crippen LogP contribution in [0, 0.1) is 17.7 Å². The largest absolute Gasteiger partial charge is 0.494 e. The Morgan fingerprint density at radius 1 is 1.41 bits per heavy atom. The molecule has 0 bridgehead atoms. The lowest BCUT2D eigenvalue weighted by Gasteiger charge is -2.03. The summed E-state index contributed by atoms with van der Waals surface area (Å²) in [5.41, 5.74) is 0.470. The molecule has 0 aromatic heterocycles. The molecule has 3 nitrogen and oxygen atoms in total. The van der Waals surface area contributed by atoms with E-state index >= 15 is 0 Å². The van der Waals surface area contributed by atoms with Crippen molar-refractivity contribution >= 4 is 5.97 Å². The molecule has 4 heteroatoms. The van der Waals surface area contributed by atoms with E-state index in [4.69, 9.17) is 4.74 Å². The van der Waals surface area contributed by atoms with E-state index < -0.39 is 11.8 Å². The zero-order valence-electron chi connectivity index (χ0n) is 9.75. The van der Waals surface area contributed by atoms with Crippen LogP contribution < -0.4 is 4.74 Å². The van der Waals surface area contributed by atoms with Gasteiger partial charge in [-0.3, -0.25) is 4.79 Å². The second-order valence-electron chi connectivity index (χ2n) is 3.16. The maximum Gasteiger partial charge on any atom is 0.317 e. The lowest BCUT2D eigenvalue weighted by molar-refractivity contribution is -0.139. The lowest BCUT2D eigenvalue weighted by atomic mass is 10.2. The number of esters is 1. The first-order chi connectivity index (χ1) is 8.15. The topological polar surface area (TPSA) is 35.5 Å². The third-order valence-electron chi connectivity index (χ3n) is 1.88. The van der Waals surface area contributed by atoms with Crippen molar-refractivity contribution in [1.82, 2.24) is 0 Å². The number of halogens is 1. The zero-order chi connectivity index (χ0) is 12.7. The third kappa shape index (κ3) is 4.56. The van der Waals surface area contributed by atoms with Crippen molar-refractivity contribution < 1.29 is 18.7 Å². The monoisotopic (exact) mass is 236 g/mol. The van der Waals surface area contributed by atoms with Crippen LogP contribution in [-0.4, -0.2) is 19.7 Å². The average Bonchev–Trinajstić information content (AvgIpc) is 2.28. The van der Waals surface area contributed by atoms with Gasteiger partial charge in [-0.25, -0.2) is 4.39 Å². The molecule has 0 aliphatic carbocycles. The first-order valence-corrected chi connectivity index (χ1v) is 5.14. The van der Waals surface area contributed by atoms with Gasteiger partial charge in [0.25, 0.3) is 0 Å². The molecule has 1 rings (SSSR count). The normalized spacial score (nSPS) is 9.12. The van der Waals surface area contributed by atoms with Gasteiger partial charge in [0.05, 0.1) is 13.7 Å². The Kier molecular flexibility index (Phi) is 5.02. The van der Waals surface area contributed by atoms with E-state index in [-0.39, 0.29) is 6.42 Å². The van der Waals surface area contributed by atoms with Crippen LogP contribution in [0.15, 0.2) is 18.2 Å². The van der Waals surface area contributed by atoms with Gasteiger partial charge in [-0.1, -0.05) is 11.8 Å². The van der Waals surface area contributed by atoms with Crippen molar-refractivity contribution in [2.45, 2.75) is 13.3 Å². The molecule has 0 fully saturated rings. The third-order valence-corrected chi connectivity index (χ3v) is 1.88. The first kappa shape index (κ1) is 13.0. The summed E-state index contributed by atoms with van der Waals surface area (Å²) in [6, 6.07) is 4.19. The van der Waals surface area contributed by atoms with E-state index in [9.17, 15) is 9.18 Å². The number of methoxy groups -OCH3 is 1. The minimum absolute atomic E-state index is 0.0169. The predicted molar refractivity (Wildman–Crippen MR) is 61.1 cm³/mol. The highest BCUT2D eigenvalue weighted by Gasteiger charge is 2.00. The van der Waals surface area contributed by atoms with E-state index in [2.05, 4.69) is 16.6 Å². The van der Waals surface area contributed by atoms with Gasteiger partial charge in [0, 0.05) is 11.6 Å². The minimum atomic E-state index is -0.418. The highest BCUT2D eigenvalue weighted by atomic mass is 19.1. The molecule has 0 atom stereocenters. The van der Waals surface area contributed by atoms with Crippen LogP contribution in [0.3, 0.4) is 0 Å². The number of benzene rings is 1. The maximum atomic E-state index is 13.2. The summed E-state index contributed by atoms with van der Waals surface area (Å²) < 4.78 is 22.8. The number of carbonyl (C=O) groups excluding carboxylic acids is 1. The Morgan fingerprint density at radius 2 is 2.18 bits per heavy atom. The fourth-order valence-corrected chi connectivity index (χ4v) is 1.18. The van der Waals surface area contributed by atoms with Gasteiger partial charge in [-0.2, -0.15) is 0 Å². The summed E-state index contributed by atoms with van der Waals surface area (Å²) in [4.78, 5) is 10.8. The smallest absolute Gasteiger partial charge is 0.317 e. The van der Waals surface area contributed by atoms with E-state index in [0.717, 1.165) is 0 Å². The molecular formula is C13H13FO3. The molecule has 0 N–H and O–H groups in total. The van der Waals surface area contributed by atoms with E-state index in [0.29, 0.717) is 17.9 Å². The van der Waals surface area contributed by atoms with Crippen molar-refractivity contribution in [3.8, 4) is 17.6 Å². The second kappa shape index (κ2) is 6.54. The van der Waals surface area contributed by atoms with E-state index in [1.165, 1.54) is 19.2 Å². The standard InChI is InChI=1S/C13H13FO3/c1-3-17-12-8-10(7-11(14)9-12)5-4-6-13(15)16-2/h7-9H,3,6H2,1-2H3. The fraction of sp³-hybridized carbons (Fsp3) is 0.308. The van der Waals surface area contributed by atoms with Crippen LogP contribution in [0.1, 0.15) is 18.9 Å². The Morgan fingerprint density at radius 3 is 2.82 bits per heavy atom. The molecule has 0 amide bonds. The molecule has 17 heavy (non-hydrogen) atoms. The molecular weight excluding hydrogens is 223 g/mol. The van der Waals surface area contributed by atoms with Crippen molar-refractivity contribution in [1.29, 1.82) is 0 Å². The van der Waals surface area contributed by atoms with Gasteiger partial charge in [0.2, 0.25) is 0 Å². The summed E-state index contributed by atoms with van der Waals surface area (Å²) in [5.74, 6) is 4.87. The molecule has 0 heterocycles. The highest BCUT2D eigenvalue weighted by Crippen LogP contribution is 2.15. The van der Waals surface area contributed by atoms with Crippen LogP contribution in [0.5, 0.6) is 5.75 Å². The second-order valence-corrected chi connectivity index (χ2v) is 3.16. The van der Waals surface area contributed by atoms with Gasteiger partial charge in [-0.15, -0.1) is 0 Å². The maximum absolute atomic E-state index is 13.2. The van der Waals surface area contributed by atoms with E-state index in [1.54, 1.807) is 6.07 Å². The Bertz CT molecular complexity index is 457. The molecule has 1 aromatic carbocycles. The molecule has 0 saturated carbocycles. The zero-order valence-corrected chi connectivity index (χ0v) is 9.75. The summed E-state index contributed by atoms with van der Waals surface area (Å²) in [6.45, 7) is 2.27. The molecule has 90 valence electrons. The SMILES string of the molecule is CCOc1cc(F)cc(C#CCC(=O)OC)c1. The van der Waals surface area contributed by atoms with Crippen LogP contribution in [0.2, 0.25) is 0 Å². The Balaban J connectivity index is 2.79. The lowest BCUT2D eigenvalue weighted by Crippen LogP contribution is -1.97. The molecule has 0 spiro atoms. The molecule has 1 aromatic rings. The van der Waals surface area contributed by atoms with Crippen LogP contribution >= 0.6 is 0 Å². The fourth-order valence-electron chi connectivity index (χ4n) is 1.18. The molecule has 0 radical (unpaired) electrons. The molecule has 0 aliphatic heterocycles. The Labute approximate surface area is 99.5 Å². The van der Waals surface area contributed by atoms with Gasteiger partial charge in [0.15, 0.2) is 0 Å². The summed E-state index contributed by atoms with van der Waals surface area (Å²) in [6.07, 6.45) is -0.0169. The number of ether oxygens (including phenoxy) is 2. The highest BCUT2D eigenvalue weighted by molar-refractivity contribution is 5.72. The van der Waals surface area contributed by atoms with Crippen molar-refractivity contribution in [2.75, 3.05) is 13.7 Å². The average molecular weight is 236 g/mol. The van der Waals surface area contributed by atoms with Gasteiger partial charge < -0.3 is 9.47 Å². The Hall–Kier alpha value is -2.02. The molecule has 0 aliphatic rings. The quantitative estimate of drug-likeness (QED) is 0.595. The van der Waals surface area contributed by atoms with Crippen molar-refractivity contribution in [2.24, 2.45) is 0 Å². The summed E-state index contributed by atoms with van der Waals surface area (Å²) >= 11 is 0. The first-order valence-electron chi connectivity index (χ1n) is 5.14. The van der Waals surface area contributed by atoms with Crippen LogP contribution in [-0.2, 0) is 9.53 Å². The van der Waals surface area contributed by atoms with E-state index in [1.807, 2.05) is 6.92 Å². The predicted octanol–water partition coefficient (Wildman–Crippen LogP) is 2.14. The molecule has 0 unspecified atom stereocenters. The van der Waals surface area contributed by atoms with Crippen molar-refractivity contribution in [3.05, 3.63) is 29.6 Å².